The SMILES string of the molecule is CC.CC.CC.CC.CC.CC.CC.CC.Cc1ccccc1.Cc1ccccc1.Cc1ccccc1.Cc1ccccc1.c1cc2ccc3cccc4ccc(c1)c2c34.c1ccc2c(c1)ccc1ccccc12.c1ccc2cc3ccccc3cc2c1.c1ccc2ccccc2c1.c1ccccc1.c1ccccc1.c1ccncc1.c1ccncc1. The highest BCUT2D eigenvalue weighted by atomic mass is 14.6. The summed E-state index contributed by atoms with van der Waals surface area (Å²) in [5.41, 5.74) is 5.29. The molecule has 0 saturated heterocycles. The highest BCUT2D eigenvalue weighted by molar-refractivity contribution is 6.23. The predicted molar refractivity (Wildman–Crippen MR) is 554 cm³/mol. The Morgan fingerprint density at radius 1 is 0.123 bits per heavy atom. The van der Waals surface area contributed by atoms with Gasteiger partial charge in [0.2, 0.25) is 0 Å². The summed E-state index contributed by atoms with van der Waals surface area (Å²) < 4.78 is 0. The number of pyridine rings is 2. The zero-order valence-electron chi connectivity index (χ0n) is 77.1. The fraction of sp³-hybridized carbons (Fsp3) is 0.167. The first-order chi connectivity index (χ1) is 60.4. The maximum Gasteiger partial charge on any atom is 0.0267 e. The van der Waals surface area contributed by atoms with Gasteiger partial charge in [0.25, 0.3) is 0 Å². The molecule has 20 rings (SSSR count). The first-order valence-corrected chi connectivity index (χ1v) is 43.9. The van der Waals surface area contributed by atoms with Crippen LogP contribution in [0.1, 0.15) is 133 Å². The molecule has 0 spiro atoms. The van der Waals surface area contributed by atoms with Gasteiger partial charge in [-0.25, -0.2) is 0 Å². The summed E-state index contributed by atoms with van der Waals surface area (Å²) in [6, 6.07) is 158. The molecule has 20 aromatic rings. The average molecular weight is 1610 g/mol. The molecule has 0 amide bonds. The molecule has 0 fully saturated rings. The van der Waals surface area contributed by atoms with Crippen LogP contribution in [0.5, 0.6) is 0 Å². The third-order valence-corrected chi connectivity index (χ3v) is 16.5. The number of aryl methyl sites for hydroxylation is 4. The second-order valence-corrected chi connectivity index (χ2v) is 24.7. The number of benzene rings is 18. The molecule has 0 aliphatic rings. The number of nitrogens with zero attached hydrogens (tertiary/aromatic N) is 2. The molecule has 0 aliphatic carbocycles. The average Bonchev–Trinajstić information content (AvgIpc) is 0.741. The molecular weight excluding hydrogens is 1470 g/mol. The molecule has 0 saturated carbocycles. The Labute approximate surface area is 737 Å². The van der Waals surface area contributed by atoms with Crippen molar-refractivity contribution in [1.82, 2.24) is 9.97 Å². The van der Waals surface area contributed by atoms with Crippen molar-refractivity contribution in [3.8, 4) is 0 Å². The van der Waals surface area contributed by atoms with Gasteiger partial charge in [-0.1, -0.05) is 558 Å². The predicted octanol–water partition coefficient (Wildman–Crippen LogP) is 37.1. The number of rotatable bonds is 0. The van der Waals surface area contributed by atoms with E-state index >= 15 is 0 Å². The van der Waals surface area contributed by atoms with E-state index in [9.17, 15) is 0 Å². The minimum absolute atomic E-state index is 1.31. The van der Waals surface area contributed by atoms with Gasteiger partial charge in [0.15, 0.2) is 0 Å². The summed E-state index contributed by atoms with van der Waals surface area (Å²) in [6.45, 7) is 40.3. The summed E-state index contributed by atoms with van der Waals surface area (Å²) in [5.74, 6) is 0. The zero-order valence-corrected chi connectivity index (χ0v) is 77.1. The van der Waals surface area contributed by atoms with Crippen LogP contribution in [0.15, 0.2) is 486 Å². The van der Waals surface area contributed by atoms with Crippen LogP contribution < -0.4 is 0 Å². The first-order valence-electron chi connectivity index (χ1n) is 43.9. The quantitative estimate of drug-likeness (QED) is 0.112. The molecule has 2 nitrogen and oxygen atoms in total. The number of fused-ring (bicyclic) bond motifs is 6. The van der Waals surface area contributed by atoms with E-state index in [0.29, 0.717) is 0 Å². The lowest BCUT2D eigenvalue weighted by Crippen LogP contribution is -1.82. The molecule has 0 radical (unpaired) electrons. The standard InChI is InChI=1S/C16H10.2C14H10.C10H8.4C7H8.2C6H6.2C5H5N.8C2H6/c1-3-11-7-9-13-5-2-6-14-10-8-12(4-1)15(11)16(13)14;1-3-7-13-11(5-1)9-10-12-6-2-4-8-14(12)13;1-2-6-12-10-14-8-4-3-7-13(14)9-11(12)5-1;1-2-6-10-8-4-3-7-9(10)5-1;4*1-7-5-3-2-4-6-7;4*1-2-4-6-5-3-1;8*1-2/h1-10H;2*1-10H;1-8H;4*2-6H,1H3;2*1-6H;2*1-5H;8*1-2H3. The van der Waals surface area contributed by atoms with Crippen LogP contribution in [0.25, 0.3) is 86.2 Å². The van der Waals surface area contributed by atoms with Gasteiger partial charge in [-0.2, -0.15) is 0 Å². The van der Waals surface area contributed by atoms with Crippen molar-refractivity contribution in [3.05, 3.63) is 508 Å². The molecule has 122 heavy (non-hydrogen) atoms. The third kappa shape index (κ3) is 44.4. The normalized spacial score (nSPS) is 8.82. The molecule has 2 aromatic heterocycles. The zero-order chi connectivity index (χ0) is 89.5. The van der Waals surface area contributed by atoms with Crippen molar-refractivity contribution in [2.24, 2.45) is 0 Å². The monoisotopic (exact) mass is 1610 g/mol. The summed E-state index contributed by atoms with van der Waals surface area (Å²) >= 11 is 0. The minimum Gasteiger partial charge on any atom is -0.265 e. The van der Waals surface area contributed by atoms with Crippen LogP contribution in [-0.2, 0) is 0 Å². The topological polar surface area (TPSA) is 25.8 Å². The summed E-state index contributed by atoms with van der Waals surface area (Å²) in [7, 11) is 0. The van der Waals surface area contributed by atoms with Gasteiger partial charge in [-0.3, -0.25) is 9.97 Å². The van der Waals surface area contributed by atoms with Crippen molar-refractivity contribution < 1.29 is 0 Å². The molecule has 2 heterocycles. The fourth-order valence-electron chi connectivity index (χ4n) is 11.2. The first kappa shape index (κ1) is 107. The fourth-order valence-corrected chi connectivity index (χ4v) is 11.2. The van der Waals surface area contributed by atoms with E-state index in [1.54, 1.807) is 24.8 Å². The summed E-state index contributed by atoms with van der Waals surface area (Å²) in [4.78, 5) is 7.57. The van der Waals surface area contributed by atoms with Crippen LogP contribution in [0.3, 0.4) is 0 Å². The highest BCUT2D eigenvalue weighted by Gasteiger charge is 2.06. The van der Waals surface area contributed by atoms with E-state index in [1.807, 2.05) is 293 Å². The lowest BCUT2D eigenvalue weighted by Gasteiger charge is -2.09. The van der Waals surface area contributed by atoms with Gasteiger partial charge in [0.1, 0.15) is 0 Å². The largest absolute Gasteiger partial charge is 0.265 e. The molecule has 0 bridgehead atoms. The van der Waals surface area contributed by atoms with Gasteiger partial charge < -0.3 is 0 Å². The van der Waals surface area contributed by atoms with Crippen molar-refractivity contribution in [2.75, 3.05) is 0 Å². The van der Waals surface area contributed by atoms with Gasteiger partial charge in [-0.15, -0.1) is 0 Å². The van der Waals surface area contributed by atoms with E-state index in [-0.39, 0.29) is 0 Å². The summed E-state index contributed by atoms with van der Waals surface area (Å²) in [6.07, 6.45) is 7.00. The summed E-state index contributed by atoms with van der Waals surface area (Å²) in [5, 5.41) is 21.3. The Balaban J connectivity index is 0.000000665. The molecular formula is C120H140N2. The maximum atomic E-state index is 3.78. The second kappa shape index (κ2) is 73.9. The van der Waals surface area contributed by atoms with E-state index < -0.39 is 0 Å². The Hall–Kier alpha value is -13.4. The van der Waals surface area contributed by atoms with E-state index in [2.05, 4.69) is 317 Å². The van der Waals surface area contributed by atoms with Gasteiger partial charge >= 0.3 is 0 Å². The Kier molecular flexibility index (Phi) is 64.6. The molecule has 0 unspecified atom stereocenters. The van der Waals surface area contributed by atoms with Gasteiger partial charge in [0.05, 0.1) is 0 Å². The van der Waals surface area contributed by atoms with Crippen LogP contribution in [0, 0.1) is 27.7 Å². The Morgan fingerprint density at radius 3 is 0.443 bits per heavy atom. The van der Waals surface area contributed by atoms with Crippen LogP contribution in [0.4, 0.5) is 0 Å². The number of hydrogen-bond acceptors (Lipinski definition) is 2. The smallest absolute Gasteiger partial charge is 0.0267 e. The van der Waals surface area contributed by atoms with Gasteiger partial charge in [0, 0.05) is 24.8 Å². The van der Waals surface area contributed by atoms with Crippen molar-refractivity contribution >= 4 is 86.2 Å². The van der Waals surface area contributed by atoms with Crippen LogP contribution in [-0.4, -0.2) is 9.97 Å². The second-order valence-electron chi connectivity index (χ2n) is 24.7. The molecule has 0 N–H and O–H groups in total. The molecule has 0 aliphatic heterocycles. The Morgan fingerprint density at radius 2 is 0.270 bits per heavy atom. The Bertz CT molecular complexity index is 4860. The molecule has 18 aromatic carbocycles. The third-order valence-electron chi connectivity index (χ3n) is 16.5. The molecule has 630 valence electrons. The van der Waals surface area contributed by atoms with Crippen molar-refractivity contribution in [1.29, 1.82) is 0 Å². The van der Waals surface area contributed by atoms with E-state index in [4.69, 9.17) is 0 Å². The molecule has 0 atom stereocenters. The number of aromatic nitrogens is 2. The lowest BCUT2D eigenvalue weighted by atomic mass is 9.95. The van der Waals surface area contributed by atoms with Crippen molar-refractivity contribution in [3.63, 3.8) is 0 Å². The van der Waals surface area contributed by atoms with Gasteiger partial charge in [-0.05, 0) is 150 Å². The lowest BCUT2D eigenvalue weighted by molar-refractivity contribution is 1.33. The van der Waals surface area contributed by atoms with Crippen molar-refractivity contribution in [2.45, 2.75) is 138 Å². The van der Waals surface area contributed by atoms with Crippen LogP contribution in [0.2, 0.25) is 0 Å². The molecule has 2 heteroatoms. The highest BCUT2D eigenvalue weighted by Crippen LogP contribution is 2.34. The number of hydrogen-bond donors (Lipinski definition) is 0. The van der Waals surface area contributed by atoms with E-state index in [1.165, 1.54) is 108 Å². The van der Waals surface area contributed by atoms with E-state index in [0.717, 1.165) is 0 Å². The minimum atomic E-state index is 1.31. The maximum absolute atomic E-state index is 3.78. The van der Waals surface area contributed by atoms with Crippen LogP contribution >= 0.6 is 0 Å².